The summed E-state index contributed by atoms with van der Waals surface area (Å²) < 4.78 is 24.8. The molecule has 0 radical (unpaired) electrons. The van der Waals surface area contributed by atoms with E-state index in [4.69, 9.17) is 5.14 Å². The highest BCUT2D eigenvalue weighted by Gasteiger charge is 2.36. The summed E-state index contributed by atoms with van der Waals surface area (Å²) in [7, 11) is -3.84. The van der Waals surface area contributed by atoms with Gasteiger partial charge in [-0.2, -0.15) is 8.42 Å². The van der Waals surface area contributed by atoms with Crippen LogP contribution < -0.4 is 15.2 Å². The molecule has 1 aromatic carbocycles. The van der Waals surface area contributed by atoms with Crippen molar-refractivity contribution in [3.8, 4) is 11.1 Å². The number of benzene rings is 1. The number of nitrogens with zero attached hydrogens (tertiary/aromatic N) is 2. The number of urea groups is 1. The van der Waals surface area contributed by atoms with Crippen molar-refractivity contribution in [2.75, 3.05) is 10.0 Å². The van der Waals surface area contributed by atoms with Crippen molar-refractivity contribution < 1.29 is 13.2 Å². The normalized spacial score (nSPS) is 17.0. The van der Waals surface area contributed by atoms with Crippen molar-refractivity contribution in [1.82, 2.24) is 9.88 Å². The van der Waals surface area contributed by atoms with Gasteiger partial charge in [0.05, 0.1) is 12.2 Å². The minimum atomic E-state index is -3.84. The van der Waals surface area contributed by atoms with Crippen LogP contribution in [0.25, 0.3) is 11.1 Å². The van der Waals surface area contributed by atoms with E-state index in [0.717, 1.165) is 29.5 Å². The first-order valence-corrected chi connectivity index (χ1v) is 9.42. The van der Waals surface area contributed by atoms with Crippen LogP contribution >= 0.6 is 0 Å². The van der Waals surface area contributed by atoms with E-state index < -0.39 is 10.2 Å². The zero-order valence-electron chi connectivity index (χ0n) is 13.3. The quantitative estimate of drug-likeness (QED) is 0.772. The first-order valence-electron chi connectivity index (χ1n) is 7.87. The van der Waals surface area contributed by atoms with Gasteiger partial charge in [0.1, 0.15) is 5.82 Å². The average molecular weight is 359 g/mol. The van der Waals surface area contributed by atoms with Crippen LogP contribution in [0.3, 0.4) is 0 Å². The number of aromatic nitrogens is 1. The Hall–Kier alpha value is -2.65. The van der Waals surface area contributed by atoms with Gasteiger partial charge >= 0.3 is 6.03 Å². The summed E-state index contributed by atoms with van der Waals surface area (Å²) in [4.78, 5) is 18.3. The smallest absolute Gasteiger partial charge is 0.317 e. The molecule has 4 rings (SSSR count). The lowest BCUT2D eigenvalue weighted by atomic mass is 9.99. The maximum Gasteiger partial charge on any atom is 0.323 e. The summed E-state index contributed by atoms with van der Waals surface area (Å²) in [6, 6.07) is 8.98. The Kier molecular flexibility index (Phi) is 3.62. The molecule has 2 aliphatic rings. The minimum absolute atomic E-state index is 0.121. The molecule has 1 aliphatic carbocycles. The van der Waals surface area contributed by atoms with Crippen molar-refractivity contribution in [3.05, 3.63) is 42.1 Å². The van der Waals surface area contributed by atoms with E-state index >= 15 is 0 Å². The second-order valence-electron chi connectivity index (χ2n) is 6.20. The van der Waals surface area contributed by atoms with Crippen LogP contribution in [0.4, 0.5) is 16.3 Å². The molecule has 0 bridgehead atoms. The van der Waals surface area contributed by atoms with Crippen LogP contribution in [0.15, 0.2) is 36.5 Å². The van der Waals surface area contributed by atoms with Crippen molar-refractivity contribution in [2.24, 2.45) is 5.14 Å². The number of fused-ring (bicyclic) bond motifs is 1. The summed E-state index contributed by atoms with van der Waals surface area (Å²) >= 11 is 0. The van der Waals surface area contributed by atoms with Crippen LogP contribution in [0.2, 0.25) is 0 Å². The van der Waals surface area contributed by atoms with Crippen molar-refractivity contribution in [2.45, 2.75) is 25.4 Å². The molecule has 1 aliphatic heterocycles. The summed E-state index contributed by atoms with van der Waals surface area (Å²) in [6.07, 6.45) is 3.67. The number of carbonyl (C=O) groups is 1. The van der Waals surface area contributed by atoms with E-state index in [2.05, 4.69) is 15.0 Å². The zero-order chi connectivity index (χ0) is 17.6. The lowest BCUT2D eigenvalue weighted by Crippen LogP contribution is -2.40. The minimum Gasteiger partial charge on any atom is -0.317 e. The standard InChI is InChI=1S/C16H17N5O3S/c17-25(23,24)20-11-3-1-2-10(8-11)13-6-7-18-15-14(13)9-21(12-4-5-12)16(22)19-15/h1-3,6-8,12,20H,4-5,9H2,(H2,17,23,24)(H,18,19,22). The molecule has 9 heteroatoms. The molecule has 1 aromatic heterocycles. The summed E-state index contributed by atoms with van der Waals surface area (Å²) in [5.74, 6) is 0.546. The fourth-order valence-electron chi connectivity index (χ4n) is 3.04. The first-order chi connectivity index (χ1) is 11.9. The van der Waals surface area contributed by atoms with Gasteiger partial charge in [0.2, 0.25) is 0 Å². The largest absolute Gasteiger partial charge is 0.323 e. The lowest BCUT2D eigenvalue weighted by molar-refractivity contribution is 0.203. The number of anilines is 2. The van der Waals surface area contributed by atoms with Gasteiger partial charge in [-0.3, -0.25) is 10.0 Å². The molecule has 8 nitrogen and oxygen atoms in total. The Balaban J connectivity index is 1.74. The third kappa shape index (κ3) is 3.28. The average Bonchev–Trinajstić information content (AvgIpc) is 3.37. The SMILES string of the molecule is NS(=O)(=O)Nc1cccc(-c2ccnc3c2CN(C2CC2)C(=O)N3)c1. The number of nitrogens with two attached hydrogens (primary N) is 1. The number of carbonyl (C=O) groups excluding carboxylic acids is 1. The Labute approximate surface area is 145 Å². The lowest BCUT2D eigenvalue weighted by Gasteiger charge is -2.30. The van der Waals surface area contributed by atoms with Gasteiger partial charge in [0, 0.05) is 17.8 Å². The van der Waals surface area contributed by atoms with E-state index in [1.807, 2.05) is 17.0 Å². The predicted octanol–water partition coefficient (Wildman–Crippen LogP) is 1.87. The van der Waals surface area contributed by atoms with Crippen LogP contribution in [-0.4, -0.2) is 30.4 Å². The fraction of sp³-hybridized carbons (Fsp3) is 0.250. The van der Waals surface area contributed by atoms with Gasteiger partial charge in [0.25, 0.3) is 10.2 Å². The van der Waals surface area contributed by atoms with Gasteiger partial charge in [-0.15, -0.1) is 0 Å². The maximum atomic E-state index is 12.2. The third-order valence-corrected chi connectivity index (χ3v) is 4.81. The molecule has 2 aromatic rings. The molecular weight excluding hydrogens is 342 g/mol. The molecule has 4 N–H and O–H groups in total. The van der Waals surface area contributed by atoms with E-state index in [0.29, 0.717) is 18.1 Å². The summed E-state index contributed by atoms with van der Waals surface area (Å²) in [5.41, 5.74) is 3.01. The van der Waals surface area contributed by atoms with Gasteiger partial charge in [-0.25, -0.2) is 14.9 Å². The number of rotatable bonds is 4. The van der Waals surface area contributed by atoms with Crippen molar-refractivity contribution in [1.29, 1.82) is 0 Å². The molecule has 2 amide bonds. The van der Waals surface area contributed by atoms with E-state index in [9.17, 15) is 13.2 Å². The molecule has 130 valence electrons. The maximum absolute atomic E-state index is 12.2. The molecular formula is C16H17N5O3S. The highest BCUT2D eigenvalue weighted by atomic mass is 32.2. The van der Waals surface area contributed by atoms with Crippen LogP contribution in [0, 0.1) is 0 Å². The fourth-order valence-corrected chi connectivity index (χ4v) is 3.50. The van der Waals surface area contributed by atoms with Crippen molar-refractivity contribution >= 4 is 27.7 Å². The van der Waals surface area contributed by atoms with Crippen LogP contribution in [0.5, 0.6) is 0 Å². The third-order valence-electron chi connectivity index (χ3n) is 4.29. The first kappa shape index (κ1) is 15.9. The van der Waals surface area contributed by atoms with E-state index in [-0.39, 0.29) is 12.1 Å². The molecule has 0 atom stereocenters. The van der Waals surface area contributed by atoms with Gasteiger partial charge < -0.3 is 4.90 Å². The van der Waals surface area contributed by atoms with Gasteiger partial charge in [-0.05, 0) is 42.2 Å². The number of nitrogens with one attached hydrogen (secondary N) is 2. The van der Waals surface area contributed by atoms with E-state index in [1.54, 1.807) is 24.4 Å². The molecule has 1 saturated carbocycles. The molecule has 0 unspecified atom stereocenters. The Bertz CT molecular complexity index is 956. The zero-order valence-corrected chi connectivity index (χ0v) is 14.1. The number of amides is 2. The topological polar surface area (TPSA) is 117 Å². The van der Waals surface area contributed by atoms with Gasteiger partial charge in [-0.1, -0.05) is 12.1 Å². The molecule has 0 spiro atoms. The Morgan fingerprint density at radius 2 is 2.08 bits per heavy atom. The second-order valence-corrected chi connectivity index (χ2v) is 7.50. The molecule has 2 heterocycles. The number of pyridine rings is 1. The Morgan fingerprint density at radius 3 is 2.80 bits per heavy atom. The monoisotopic (exact) mass is 359 g/mol. The van der Waals surface area contributed by atoms with E-state index in [1.165, 1.54) is 0 Å². The highest BCUT2D eigenvalue weighted by Crippen LogP contribution is 2.37. The predicted molar refractivity (Wildman–Crippen MR) is 94.0 cm³/mol. The number of hydrogen-bond donors (Lipinski definition) is 3. The van der Waals surface area contributed by atoms with Gasteiger partial charge in [0.15, 0.2) is 0 Å². The number of hydrogen-bond acceptors (Lipinski definition) is 4. The highest BCUT2D eigenvalue weighted by molar-refractivity contribution is 7.90. The molecule has 1 fully saturated rings. The summed E-state index contributed by atoms with van der Waals surface area (Å²) in [6.45, 7) is 0.488. The molecule has 25 heavy (non-hydrogen) atoms. The Morgan fingerprint density at radius 1 is 1.28 bits per heavy atom. The summed E-state index contributed by atoms with van der Waals surface area (Å²) in [5, 5.41) is 7.88. The van der Waals surface area contributed by atoms with Crippen molar-refractivity contribution in [3.63, 3.8) is 0 Å². The second kappa shape index (κ2) is 5.71. The molecule has 0 saturated heterocycles. The van der Waals surface area contributed by atoms with Crippen LogP contribution in [-0.2, 0) is 16.8 Å². The van der Waals surface area contributed by atoms with Crippen LogP contribution in [0.1, 0.15) is 18.4 Å².